The van der Waals surface area contributed by atoms with Crippen LogP contribution in [0.5, 0.6) is 0 Å². The number of nitrogen functional groups attached to an aromatic ring is 1. The summed E-state index contributed by atoms with van der Waals surface area (Å²) in [5.74, 6) is 5.37. The van der Waals surface area contributed by atoms with Crippen LogP contribution in [0.3, 0.4) is 0 Å². The highest BCUT2D eigenvalue weighted by Gasteiger charge is 2.03. The van der Waals surface area contributed by atoms with Gasteiger partial charge in [0.2, 0.25) is 5.16 Å². The van der Waals surface area contributed by atoms with Crippen molar-refractivity contribution in [2.24, 2.45) is 0 Å². The summed E-state index contributed by atoms with van der Waals surface area (Å²) in [4.78, 5) is 11.1. The SMILES string of the molecule is C1CCCCC1.CSc1nnc(C)c(=O)n1N. The van der Waals surface area contributed by atoms with Gasteiger partial charge in [-0.15, -0.1) is 10.2 Å². The Morgan fingerprint density at radius 3 is 2.00 bits per heavy atom. The Morgan fingerprint density at radius 1 is 1.12 bits per heavy atom. The van der Waals surface area contributed by atoms with Crippen molar-refractivity contribution in [2.75, 3.05) is 12.1 Å². The van der Waals surface area contributed by atoms with Gasteiger partial charge >= 0.3 is 0 Å². The van der Waals surface area contributed by atoms with Crippen LogP contribution >= 0.6 is 11.8 Å². The summed E-state index contributed by atoms with van der Waals surface area (Å²) >= 11 is 1.28. The Kier molecular flexibility index (Phi) is 6.04. The van der Waals surface area contributed by atoms with E-state index < -0.39 is 0 Å². The molecule has 1 aromatic rings. The van der Waals surface area contributed by atoms with Gasteiger partial charge in [-0.25, -0.2) is 0 Å². The van der Waals surface area contributed by atoms with Crippen molar-refractivity contribution in [3.05, 3.63) is 16.0 Å². The van der Waals surface area contributed by atoms with E-state index in [1.807, 2.05) is 0 Å². The van der Waals surface area contributed by atoms with E-state index in [1.165, 1.54) is 50.3 Å². The predicted molar refractivity (Wildman–Crippen MR) is 70.7 cm³/mol. The van der Waals surface area contributed by atoms with Crippen LogP contribution in [-0.4, -0.2) is 21.1 Å². The van der Waals surface area contributed by atoms with E-state index in [0.29, 0.717) is 10.9 Å². The average Bonchev–Trinajstić information content (AvgIpc) is 2.39. The third-order valence-corrected chi connectivity index (χ3v) is 3.35. The van der Waals surface area contributed by atoms with Crippen LogP contribution < -0.4 is 11.4 Å². The van der Waals surface area contributed by atoms with E-state index in [4.69, 9.17) is 5.84 Å². The molecule has 0 aromatic carbocycles. The zero-order chi connectivity index (χ0) is 12.7. The van der Waals surface area contributed by atoms with Crippen LogP contribution in [0.15, 0.2) is 9.95 Å². The van der Waals surface area contributed by atoms with Crippen LogP contribution in [0.4, 0.5) is 0 Å². The van der Waals surface area contributed by atoms with Crippen LogP contribution in [0, 0.1) is 6.92 Å². The molecule has 1 saturated carbocycles. The van der Waals surface area contributed by atoms with E-state index in [2.05, 4.69) is 10.2 Å². The first-order valence-electron chi connectivity index (χ1n) is 5.92. The summed E-state index contributed by atoms with van der Waals surface area (Å²) in [5, 5.41) is 7.75. The quantitative estimate of drug-likeness (QED) is 0.612. The number of nitrogens with two attached hydrogens (primary N) is 1. The second-order valence-electron chi connectivity index (χ2n) is 4.07. The van der Waals surface area contributed by atoms with Crippen LogP contribution in [-0.2, 0) is 0 Å². The Morgan fingerprint density at radius 2 is 1.59 bits per heavy atom. The maximum Gasteiger partial charge on any atom is 0.294 e. The molecule has 0 amide bonds. The van der Waals surface area contributed by atoms with Gasteiger partial charge in [-0.1, -0.05) is 50.3 Å². The molecule has 6 heteroatoms. The highest BCUT2D eigenvalue weighted by molar-refractivity contribution is 7.98. The largest absolute Gasteiger partial charge is 0.334 e. The second kappa shape index (κ2) is 7.32. The van der Waals surface area contributed by atoms with E-state index >= 15 is 0 Å². The predicted octanol–water partition coefficient (Wildman–Crippen LogP) is 1.72. The fourth-order valence-electron chi connectivity index (χ4n) is 1.67. The van der Waals surface area contributed by atoms with Crippen molar-refractivity contribution in [2.45, 2.75) is 50.6 Å². The maximum absolute atomic E-state index is 11.1. The molecule has 1 aliphatic carbocycles. The molecule has 17 heavy (non-hydrogen) atoms. The first-order valence-corrected chi connectivity index (χ1v) is 7.14. The lowest BCUT2D eigenvalue weighted by atomic mass is 10.0. The number of aromatic nitrogens is 3. The van der Waals surface area contributed by atoms with E-state index in [0.717, 1.165) is 4.68 Å². The molecule has 1 fully saturated rings. The molecule has 1 aromatic heterocycles. The first kappa shape index (κ1) is 14.0. The summed E-state index contributed by atoms with van der Waals surface area (Å²) < 4.78 is 0.993. The number of nitrogens with zero attached hydrogens (tertiary/aromatic N) is 3. The van der Waals surface area contributed by atoms with Crippen LogP contribution in [0.1, 0.15) is 44.2 Å². The minimum Gasteiger partial charge on any atom is -0.334 e. The summed E-state index contributed by atoms with van der Waals surface area (Å²) in [7, 11) is 0. The third-order valence-electron chi connectivity index (χ3n) is 2.70. The normalized spacial score (nSPS) is 14.9. The van der Waals surface area contributed by atoms with Crippen molar-refractivity contribution in [1.82, 2.24) is 14.9 Å². The van der Waals surface area contributed by atoms with Crippen molar-refractivity contribution < 1.29 is 0 Å². The molecule has 0 spiro atoms. The minimum absolute atomic E-state index is 0.302. The van der Waals surface area contributed by atoms with Gasteiger partial charge in [0.05, 0.1) is 0 Å². The highest BCUT2D eigenvalue weighted by atomic mass is 32.2. The molecule has 5 nitrogen and oxygen atoms in total. The van der Waals surface area contributed by atoms with Crippen LogP contribution in [0.2, 0.25) is 0 Å². The van der Waals surface area contributed by atoms with E-state index in [9.17, 15) is 4.79 Å². The lowest BCUT2D eigenvalue weighted by Crippen LogP contribution is -2.32. The molecular weight excluding hydrogens is 236 g/mol. The zero-order valence-electron chi connectivity index (χ0n) is 10.5. The van der Waals surface area contributed by atoms with Gasteiger partial charge in [0, 0.05) is 0 Å². The molecule has 0 bridgehead atoms. The van der Waals surface area contributed by atoms with Crippen molar-refractivity contribution in [3.8, 4) is 0 Å². The van der Waals surface area contributed by atoms with Gasteiger partial charge < -0.3 is 5.84 Å². The average molecular weight is 256 g/mol. The number of thioether (sulfide) groups is 1. The van der Waals surface area contributed by atoms with Crippen LogP contribution in [0.25, 0.3) is 0 Å². The molecule has 2 N–H and O–H groups in total. The van der Waals surface area contributed by atoms with Gasteiger partial charge in [-0.3, -0.25) is 4.79 Å². The number of rotatable bonds is 1. The molecule has 96 valence electrons. The summed E-state index contributed by atoms with van der Waals surface area (Å²) in [6.45, 7) is 1.57. The fourth-order valence-corrected chi connectivity index (χ4v) is 2.07. The Balaban J connectivity index is 0.000000202. The fraction of sp³-hybridized carbons (Fsp3) is 0.727. The lowest BCUT2D eigenvalue weighted by molar-refractivity contribution is 0.504. The zero-order valence-corrected chi connectivity index (χ0v) is 11.3. The van der Waals surface area contributed by atoms with Gasteiger partial charge in [0.25, 0.3) is 5.56 Å². The van der Waals surface area contributed by atoms with Crippen molar-refractivity contribution >= 4 is 11.8 Å². The molecule has 1 aliphatic rings. The topological polar surface area (TPSA) is 73.8 Å². The van der Waals surface area contributed by atoms with E-state index in [1.54, 1.807) is 13.2 Å². The smallest absolute Gasteiger partial charge is 0.294 e. The Bertz CT molecular complexity index is 389. The van der Waals surface area contributed by atoms with Gasteiger partial charge in [0.1, 0.15) is 5.69 Å². The maximum atomic E-state index is 11.1. The lowest BCUT2D eigenvalue weighted by Gasteiger charge is -2.05. The summed E-state index contributed by atoms with van der Waals surface area (Å²) in [6, 6.07) is 0. The molecule has 0 atom stereocenters. The standard InChI is InChI=1S/C6H12.C5H8N4OS/c1-2-4-6-5-3-1;1-3-4(10)9(6)5(11-2)8-7-3/h1-6H2;6H2,1-2H3. The first-order chi connectivity index (χ1) is 8.16. The molecule has 0 saturated heterocycles. The van der Waals surface area contributed by atoms with Crippen molar-refractivity contribution in [1.29, 1.82) is 0 Å². The Labute approximate surface area is 106 Å². The summed E-state index contributed by atoms with van der Waals surface area (Å²) in [6.07, 6.45) is 10.8. The minimum atomic E-state index is -0.302. The molecule has 0 radical (unpaired) electrons. The molecule has 1 heterocycles. The Hall–Kier alpha value is -1.04. The molecular formula is C11H20N4OS. The van der Waals surface area contributed by atoms with Gasteiger partial charge in [-0.05, 0) is 13.2 Å². The summed E-state index contributed by atoms with van der Waals surface area (Å²) in [5.41, 5.74) is 0.00894. The third kappa shape index (κ3) is 4.38. The molecule has 0 unspecified atom stereocenters. The molecule has 2 rings (SSSR count). The number of aryl methyl sites for hydroxylation is 1. The van der Waals surface area contributed by atoms with Gasteiger partial charge in [-0.2, -0.15) is 4.68 Å². The van der Waals surface area contributed by atoms with E-state index in [-0.39, 0.29) is 5.56 Å². The number of hydrogen-bond acceptors (Lipinski definition) is 5. The molecule has 0 aliphatic heterocycles. The van der Waals surface area contributed by atoms with Gasteiger partial charge in [0.15, 0.2) is 0 Å². The van der Waals surface area contributed by atoms with Crippen molar-refractivity contribution in [3.63, 3.8) is 0 Å². The monoisotopic (exact) mass is 256 g/mol. The highest BCUT2D eigenvalue weighted by Crippen LogP contribution is 2.15. The number of hydrogen-bond donors (Lipinski definition) is 1. The second-order valence-corrected chi connectivity index (χ2v) is 4.84.